The Morgan fingerprint density at radius 1 is 1.08 bits per heavy atom. The molecule has 1 aromatic heterocycles. The van der Waals surface area contributed by atoms with Crippen LogP contribution in [0.15, 0.2) is 12.1 Å². The van der Waals surface area contributed by atoms with Crippen molar-refractivity contribution in [3.8, 4) is 0 Å². The summed E-state index contributed by atoms with van der Waals surface area (Å²) in [4.78, 5) is 14.9. The van der Waals surface area contributed by atoms with Crippen molar-refractivity contribution >= 4 is 16.8 Å². The van der Waals surface area contributed by atoms with E-state index in [1.54, 1.807) is 0 Å². The molecule has 5 nitrogen and oxygen atoms in total. The minimum absolute atomic E-state index is 0.00869. The number of carbonyl (C=O) groups excluding carboxylic acids is 1. The number of nitrogens with zero attached hydrogens (tertiary/aromatic N) is 3. The second-order valence-corrected chi connectivity index (χ2v) is 12.8. The second kappa shape index (κ2) is 8.85. The van der Waals surface area contributed by atoms with Crippen molar-refractivity contribution in [2.75, 3.05) is 13.7 Å². The number of ketones is 1. The molecule has 0 aliphatic heterocycles. The van der Waals surface area contributed by atoms with Crippen LogP contribution in [0.5, 0.6) is 0 Å². The summed E-state index contributed by atoms with van der Waals surface area (Å²) in [6, 6.07) is 2.46. The Kier molecular flexibility index (Phi) is 6.01. The lowest BCUT2D eigenvalue weighted by molar-refractivity contribution is -0.154. The fourth-order valence-corrected chi connectivity index (χ4v) is 9.63. The molecule has 36 heavy (non-hydrogen) atoms. The van der Waals surface area contributed by atoms with Gasteiger partial charge in [0.1, 0.15) is 12.1 Å². The monoisotopic (exact) mass is 499 g/mol. The Hall–Kier alpha value is -1.89. The molecule has 4 aliphatic rings. The maximum absolute atomic E-state index is 14.1. The molecule has 4 fully saturated rings. The second-order valence-electron chi connectivity index (χ2n) is 12.8. The number of Topliss-reactive ketones (excluding diaryl/α,β-unsaturated/α-hetero) is 1. The zero-order chi connectivity index (χ0) is 25.2. The third-order valence-corrected chi connectivity index (χ3v) is 11.2. The summed E-state index contributed by atoms with van der Waals surface area (Å²) in [7, 11) is 1.87. The van der Waals surface area contributed by atoms with Crippen molar-refractivity contribution in [3.05, 3.63) is 23.8 Å². The Morgan fingerprint density at radius 2 is 1.92 bits per heavy atom. The molecule has 196 valence electrons. The summed E-state index contributed by atoms with van der Waals surface area (Å²) < 4.78 is 33.6. The van der Waals surface area contributed by atoms with Gasteiger partial charge in [-0.15, -0.1) is 5.10 Å². The minimum Gasteiger partial charge on any atom is -0.384 e. The SMILES string of the molecule is COCC12CCC(C)CC1CCC1C2CCC2(C)C1CC[C@@H]2C(=O)Cn1nc2ccc(F)c(F)c2n1. The molecule has 0 N–H and O–H groups in total. The first-order valence-electron chi connectivity index (χ1n) is 14.0. The van der Waals surface area contributed by atoms with E-state index in [0.29, 0.717) is 23.2 Å². The summed E-state index contributed by atoms with van der Waals surface area (Å²) in [5.74, 6) is 1.68. The first kappa shape index (κ1) is 24.4. The fourth-order valence-electron chi connectivity index (χ4n) is 9.63. The number of hydrogen-bond donors (Lipinski definition) is 0. The predicted octanol–water partition coefficient (Wildman–Crippen LogP) is 6.20. The molecule has 7 unspecified atom stereocenters. The van der Waals surface area contributed by atoms with Gasteiger partial charge < -0.3 is 4.74 Å². The molecule has 0 amide bonds. The van der Waals surface area contributed by atoms with E-state index in [4.69, 9.17) is 4.74 Å². The highest BCUT2D eigenvalue weighted by molar-refractivity contribution is 5.82. The van der Waals surface area contributed by atoms with Crippen LogP contribution in [-0.4, -0.2) is 34.5 Å². The van der Waals surface area contributed by atoms with Gasteiger partial charge in [0.2, 0.25) is 0 Å². The standard InChI is InChI=1S/C29H39F2N3O2/c1-17-10-13-29(16-36-3)18(14-17)4-5-19-20-6-7-22(28(20,2)12-11-21(19)29)25(35)15-34-32-24-9-8-23(30)26(31)27(24)33-34/h8-9,17-22H,4-7,10-16H2,1-3H3/t17?,18?,19?,20?,21?,22-,28?,29?/m1/s1. The van der Waals surface area contributed by atoms with Gasteiger partial charge in [0.15, 0.2) is 22.9 Å². The van der Waals surface area contributed by atoms with E-state index in [0.717, 1.165) is 43.8 Å². The molecule has 0 saturated heterocycles. The van der Waals surface area contributed by atoms with Crippen LogP contribution >= 0.6 is 0 Å². The van der Waals surface area contributed by atoms with Gasteiger partial charge in [-0.3, -0.25) is 4.79 Å². The van der Waals surface area contributed by atoms with Crippen LogP contribution in [0.2, 0.25) is 0 Å². The summed E-state index contributed by atoms with van der Waals surface area (Å²) >= 11 is 0. The molecule has 1 heterocycles. The van der Waals surface area contributed by atoms with Gasteiger partial charge in [-0.1, -0.05) is 20.3 Å². The Morgan fingerprint density at radius 3 is 2.72 bits per heavy atom. The van der Waals surface area contributed by atoms with E-state index in [1.807, 2.05) is 7.11 Å². The van der Waals surface area contributed by atoms with Crippen LogP contribution in [0.4, 0.5) is 8.78 Å². The highest BCUT2D eigenvalue weighted by Gasteiger charge is 2.62. The highest BCUT2D eigenvalue weighted by atomic mass is 19.2. The van der Waals surface area contributed by atoms with Crippen LogP contribution in [0.1, 0.15) is 71.6 Å². The van der Waals surface area contributed by atoms with Gasteiger partial charge in [0.25, 0.3) is 0 Å². The molecule has 7 heteroatoms. The van der Waals surface area contributed by atoms with Gasteiger partial charge in [-0.05, 0) is 104 Å². The smallest absolute Gasteiger partial charge is 0.188 e. The zero-order valence-electron chi connectivity index (χ0n) is 21.8. The van der Waals surface area contributed by atoms with Gasteiger partial charge in [-0.2, -0.15) is 9.90 Å². The molecule has 2 aromatic rings. The molecule has 1 aromatic carbocycles. The predicted molar refractivity (Wildman–Crippen MR) is 133 cm³/mol. The van der Waals surface area contributed by atoms with Crippen molar-refractivity contribution in [2.24, 2.45) is 46.3 Å². The third kappa shape index (κ3) is 3.58. The number of fused-ring (bicyclic) bond motifs is 6. The number of rotatable bonds is 5. The first-order chi connectivity index (χ1) is 17.3. The van der Waals surface area contributed by atoms with E-state index >= 15 is 0 Å². The maximum Gasteiger partial charge on any atom is 0.188 e. The quantitative estimate of drug-likeness (QED) is 0.492. The van der Waals surface area contributed by atoms with Crippen LogP contribution in [-0.2, 0) is 16.1 Å². The topological polar surface area (TPSA) is 57.0 Å². The molecule has 0 spiro atoms. The Balaban J connectivity index is 1.22. The van der Waals surface area contributed by atoms with Crippen molar-refractivity contribution in [1.82, 2.24) is 15.0 Å². The number of hydrogen-bond acceptors (Lipinski definition) is 4. The van der Waals surface area contributed by atoms with E-state index < -0.39 is 11.6 Å². The van der Waals surface area contributed by atoms with E-state index in [9.17, 15) is 13.6 Å². The molecule has 4 saturated carbocycles. The van der Waals surface area contributed by atoms with E-state index in [1.165, 1.54) is 49.4 Å². The highest BCUT2D eigenvalue weighted by Crippen LogP contribution is 2.68. The van der Waals surface area contributed by atoms with Crippen molar-refractivity contribution in [3.63, 3.8) is 0 Å². The van der Waals surface area contributed by atoms with Crippen molar-refractivity contribution in [1.29, 1.82) is 0 Å². The van der Waals surface area contributed by atoms with E-state index in [2.05, 4.69) is 24.0 Å². The van der Waals surface area contributed by atoms with Crippen LogP contribution in [0.3, 0.4) is 0 Å². The lowest BCUT2D eigenvalue weighted by Crippen LogP contribution is -2.56. The van der Waals surface area contributed by atoms with Crippen molar-refractivity contribution < 1.29 is 18.3 Å². The maximum atomic E-state index is 14.1. The molecule has 4 aliphatic carbocycles. The van der Waals surface area contributed by atoms with Crippen LogP contribution in [0, 0.1) is 58.0 Å². The van der Waals surface area contributed by atoms with Crippen LogP contribution < -0.4 is 0 Å². The number of methoxy groups -OCH3 is 1. The molecular formula is C29H39F2N3O2. The molecule has 0 radical (unpaired) electrons. The van der Waals surface area contributed by atoms with Crippen LogP contribution in [0.25, 0.3) is 11.0 Å². The summed E-state index contributed by atoms with van der Waals surface area (Å²) in [6.45, 7) is 5.66. The molecule has 6 rings (SSSR count). The van der Waals surface area contributed by atoms with Gasteiger partial charge in [-0.25, -0.2) is 8.78 Å². The summed E-state index contributed by atoms with van der Waals surface area (Å²) in [5.41, 5.74) is 0.470. The Labute approximate surface area is 212 Å². The van der Waals surface area contributed by atoms with Gasteiger partial charge >= 0.3 is 0 Å². The molecular weight excluding hydrogens is 460 g/mol. The fraction of sp³-hybridized carbons (Fsp3) is 0.759. The number of ether oxygens (including phenoxy) is 1. The average molecular weight is 500 g/mol. The number of carbonyl (C=O) groups is 1. The number of halogens is 2. The summed E-state index contributed by atoms with van der Waals surface area (Å²) in [5, 5.41) is 8.38. The van der Waals surface area contributed by atoms with Crippen molar-refractivity contribution in [2.45, 2.75) is 78.2 Å². The largest absolute Gasteiger partial charge is 0.384 e. The third-order valence-electron chi connectivity index (χ3n) is 11.2. The minimum atomic E-state index is -1.00. The first-order valence-corrected chi connectivity index (χ1v) is 14.0. The number of benzene rings is 1. The van der Waals surface area contributed by atoms with Gasteiger partial charge in [0, 0.05) is 13.0 Å². The molecule has 0 bridgehead atoms. The van der Waals surface area contributed by atoms with E-state index in [-0.39, 0.29) is 34.7 Å². The lowest BCUT2D eigenvalue weighted by Gasteiger charge is -2.61. The number of aromatic nitrogens is 3. The molecule has 8 atom stereocenters. The lowest BCUT2D eigenvalue weighted by atomic mass is 9.44. The normalized spacial score (nSPS) is 40.0. The zero-order valence-corrected chi connectivity index (χ0v) is 21.8. The Bertz CT molecular complexity index is 1170. The summed E-state index contributed by atoms with van der Waals surface area (Å²) in [6.07, 6.45) is 10.8. The average Bonchev–Trinajstić information content (AvgIpc) is 3.42. The van der Waals surface area contributed by atoms with Gasteiger partial charge in [0.05, 0.1) is 6.61 Å².